The minimum atomic E-state index is -0.317. The van der Waals surface area contributed by atoms with Crippen LogP contribution in [0.4, 0.5) is 0 Å². The third-order valence-corrected chi connectivity index (χ3v) is 5.01. The van der Waals surface area contributed by atoms with Gasteiger partial charge in [-0.25, -0.2) is 0 Å². The van der Waals surface area contributed by atoms with Crippen LogP contribution in [0.1, 0.15) is 46.0 Å². The summed E-state index contributed by atoms with van der Waals surface area (Å²) in [5.41, 5.74) is 6.05. The van der Waals surface area contributed by atoms with Crippen LogP contribution in [0.3, 0.4) is 0 Å². The van der Waals surface area contributed by atoms with E-state index in [1.54, 1.807) is 0 Å². The van der Waals surface area contributed by atoms with Gasteiger partial charge in [-0.1, -0.05) is 33.1 Å². The molecule has 1 saturated carbocycles. The maximum Gasteiger partial charge on any atom is 0.239 e. The van der Waals surface area contributed by atoms with Crippen LogP contribution in [-0.2, 0) is 4.79 Å². The summed E-state index contributed by atoms with van der Waals surface area (Å²) < 4.78 is 0. The van der Waals surface area contributed by atoms with Crippen molar-refractivity contribution in [1.29, 1.82) is 0 Å². The summed E-state index contributed by atoms with van der Waals surface area (Å²) in [6.07, 6.45) is 6.42. The molecule has 118 valence electrons. The fourth-order valence-corrected chi connectivity index (χ4v) is 3.29. The highest BCUT2D eigenvalue weighted by molar-refractivity contribution is 5.85. The van der Waals surface area contributed by atoms with Crippen LogP contribution in [-0.4, -0.2) is 54.0 Å². The minimum absolute atomic E-state index is 0. The van der Waals surface area contributed by atoms with Crippen LogP contribution in [0.5, 0.6) is 0 Å². The molecule has 1 amide bonds. The van der Waals surface area contributed by atoms with Gasteiger partial charge in [-0.05, 0) is 18.8 Å². The van der Waals surface area contributed by atoms with E-state index in [9.17, 15) is 4.79 Å². The molecule has 2 atom stereocenters. The summed E-state index contributed by atoms with van der Waals surface area (Å²) in [4.78, 5) is 16.9. The quantitative estimate of drug-likeness (QED) is 0.862. The SMILES string of the molecule is CCC(C)C(N)C(=O)N1CCN(C2CCCC2)CC1.Cl. The van der Waals surface area contributed by atoms with Crippen molar-refractivity contribution < 1.29 is 4.79 Å². The van der Waals surface area contributed by atoms with E-state index in [1.165, 1.54) is 25.7 Å². The zero-order chi connectivity index (χ0) is 13.8. The fraction of sp³-hybridized carbons (Fsp3) is 0.933. The number of piperazine rings is 1. The lowest BCUT2D eigenvalue weighted by Gasteiger charge is -2.39. The summed E-state index contributed by atoms with van der Waals surface area (Å²) in [5.74, 6) is 0.431. The average Bonchev–Trinajstić information content (AvgIpc) is 2.99. The van der Waals surface area contributed by atoms with E-state index in [2.05, 4.69) is 18.7 Å². The number of carbonyl (C=O) groups is 1. The first-order valence-electron chi connectivity index (χ1n) is 7.92. The number of rotatable bonds is 4. The molecule has 0 bridgehead atoms. The van der Waals surface area contributed by atoms with Gasteiger partial charge in [0, 0.05) is 32.2 Å². The van der Waals surface area contributed by atoms with Gasteiger partial charge in [-0.3, -0.25) is 9.69 Å². The first-order chi connectivity index (χ1) is 9.13. The molecule has 2 N–H and O–H groups in total. The number of amides is 1. The predicted molar refractivity (Wildman–Crippen MR) is 85.1 cm³/mol. The van der Waals surface area contributed by atoms with Crippen molar-refractivity contribution in [2.75, 3.05) is 26.2 Å². The Balaban J connectivity index is 0.00000200. The summed E-state index contributed by atoms with van der Waals surface area (Å²) in [5, 5.41) is 0. The molecule has 2 fully saturated rings. The number of hydrogen-bond donors (Lipinski definition) is 1. The summed E-state index contributed by atoms with van der Waals surface area (Å²) in [7, 11) is 0. The molecule has 2 rings (SSSR count). The molecule has 5 heteroatoms. The molecule has 0 radical (unpaired) electrons. The highest BCUT2D eigenvalue weighted by Crippen LogP contribution is 2.24. The second kappa shape index (κ2) is 8.20. The van der Waals surface area contributed by atoms with E-state index in [0.717, 1.165) is 38.6 Å². The van der Waals surface area contributed by atoms with Crippen molar-refractivity contribution in [2.24, 2.45) is 11.7 Å². The van der Waals surface area contributed by atoms with Crippen molar-refractivity contribution in [2.45, 2.75) is 58.0 Å². The monoisotopic (exact) mass is 303 g/mol. The van der Waals surface area contributed by atoms with E-state index >= 15 is 0 Å². The molecule has 0 aromatic heterocycles. The van der Waals surface area contributed by atoms with Gasteiger partial charge >= 0.3 is 0 Å². The average molecular weight is 304 g/mol. The third-order valence-electron chi connectivity index (χ3n) is 5.01. The molecule has 1 aliphatic carbocycles. The van der Waals surface area contributed by atoms with Gasteiger partial charge in [-0.15, -0.1) is 12.4 Å². The molecule has 1 aliphatic heterocycles. The Labute approximate surface area is 129 Å². The van der Waals surface area contributed by atoms with Crippen LogP contribution in [0.25, 0.3) is 0 Å². The fourth-order valence-electron chi connectivity index (χ4n) is 3.29. The zero-order valence-electron chi connectivity index (χ0n) is 12.9. The summed E-state index contributed by atoms with van der Waals surface area (Å²) in [6, 6.07) is 0.462. The van der Waals surface area contributed by atoms with Crippen LogP contribution >= 0.6 is 12.4 Å². The van der Waals surface area contributed by atoms with Gasteiger partial charge in [0.15, 0.2) is 0 Å². The molecule has 2 aliphatic rings. The van der Waals surface area contributed by atoms with Gasteiger partial charge in [-0.2, -0.15) is 0 Å². The van der Waals surface area contributed by atoms with E-state index in [1.807, 2.05) is 4.90 Å². The topological polar surface area (TPSA) is 49.6 Å². The van der Waals surface area contributed by atoms with E-state index in [0.29, 0.717) is 0 Å². The Hall–Kier alpha value is -0.320. The molecule has 0 spiro atoms. The van der Waals surface area contributed by atoms with Gasteiger partial charge < -0.3 is 10.6 Å². The van der Waals surface area contributed by atoms with Gasteiger partial charge in [0.05, 0.1) is 6.04 Å². The molecule has 4 nitrogen and oxygen atoms in total. The van der Waals surface area contributed by atoms with Crippen LogP contribution in [0.15, 0.2) is 0 Å². The molecule has 0 aromatic rings. The van der Waals surface area contributed by atoms with E-state index < -0.39 is 0 Å². The molecule has 0 aromatic carbocycles. The molecular weight excluding hydrogens is 274 g/mol. The molecule has 1 saturated heterocycles. The lowest BCUT2D eigenvalue weighted by atomic mass is 9.98. The van der Waals surface area contributed by atoms with Crippen molar-refractivity contribution in [3.8, 4) is 0 Å². The van der Waals surface area contributed by atoms with Crippen molar-refractivity contribution in [1.82, 2.24) is 9.80 Å². The van der Waals surface area contributed by atoms with Gasteiger partial charge in [0.1, 0.15) is 0 Å². The van der Waals surface area contributed by atoms with E-state index in [-0.39, 0.29) is 30.3 Å². The summed E-state index contributed by atoms with van der Waals surface area (Å²) >= 11 is 0. The Morgan fingerprint density at radius 3 is 2.25 bits per heavy atom. The van der Waals surface area contributed by atoms with Gasteiger partial charge in [0.2, 0.25) is 5.91 Å². The van der Waals surface area contributed by atoms with Gasteiger partial charge in [0.25, 0.3) is 0 Å². The molecule has 20 heavy (non-hydrogen) atoms. The Bertz CT molecular complexity index is 299. The first kappa shape index (κ1) is 17.7. The molecule has 1 heterocycles. The van der Waals surface area contributed by atoms with Crippen molar-refractivity contribution >= 4 is 18.3 Å². The molecular formula is C15H30ClN3O. The number of nitrogens with zero attached hydrogens (tertiary/aromatic N) is 2. The smallest absolute Gasteiger partial charge is 0.239 e. The van der Waals surface area contributed by atoms with Crippen molar-refractivity contribution in [3.05, 3.63) is 0 Å². The van der Waals surface area contributed by atoms with Crippen LogP contribution < -0.4 is 5.73 Å². The Morgan fingerprint density at radius 2 is 1.75 bits per heavy atom. The normalized spacial score (nSPS) is 24.2. The molecule has 2 unspecified atom stereocenters. The minimum Gasteiger partial charge on any atom is -0.339 e. The maximum atomic E-state index is 12.3. The van der Waals surface area contributed by atoms with Crippen molar-refractivity contribution in [3.63, 3.8) is 0 Å². The Kier molecular flexibility index (Phi) is 7.27. The second-order valence-corrected chi connectivity index (χ2v) is 6.21. The first-order valence-corrected chi connectivity index (χ1v) is 7.92. The predicted octanol–water partition coefficient (Wildman–Crippen LogP) is 1.87. The zero-order valence-corrected chi connectivity index (χ0v) is 13.7. The highest BCUT2D eigenvalue weighted by Gasteiger charge is 2.30. The number of nitrogens with two attached hydrogens (primary N) is 1. The lowest BCUT2D eigenvalue weighted by Crippen LogP contribution is -2.55. The standard InChI is InChI=1S/C15H29N3O.ClH/c1-3-12(2)14(16)15(19)18-10-8-17(9-11-18)13-6-4-5-7-13;/h12-14H,3-11,16H2,1-2H3;1H. The second-order valence-electron chi connectivity index (χ2n) is 6.21. The largest absolute Gasteiger partial charge is 0.339 e. The lowest BCUT2D eigenvalue weighted by molar-refractivity contribution is -0.135. The maximum absolute atomic E-state index is 12.3. The number of hydrogen-bond acceptors (Lipinski definition) is 3. The van der Waals surface area contributed by atoms with E-state index in [4.69, 9.17) is 5.73 Å². The van der Waals surface area contributed by atoms with Crippen LogP contribution in [0.2, 0.25) is 0 Å². The Morgan fingerprint density at radius 1 is 1.20 bits per heavy atom. The highest BCUT2D eigenvalue weighted by atomic mass is 35.5. The number of halogens is 1. The number of carbonyl (C=O) groups excluding carboxylic acids is 1. The van der Waals surface area contributed by atoms with Crippen LogP contribution in [0, 0.1) is 5.92 Å². The summed E-state index contributed by atoms with van der Waals surface area (Å²) in [6.45, 7) is 7.94. The third kappa shape index (κ3) is 4.09.